The number of quaternary nitrogens is 1. The fourth-order valence-corrected chi connectivity index (χ4v) is 3.80. The minimum Gasteiger partial charge on any atom is -0.669 e. The van der Waals surface area contributed by atoms with E-state index in [4.69, 9.17) is 9.39 Å². The van der Waals surface area contributed by atoms with Crippen LogP contribution in [0.15, 0.2) is 12.1 Å². The van der Waals surface area contributed by atoms with E-state index in [1.54, 1.807) is 12.1 Å². The highest BCUT2D eigenvalue weighted by atomic mass is 16.6. The lowest BCUT2D eigenvalue weighted by Crippen LogP contribution is -2.61. The fourth-order valence-electron chi connectivity index (χ4n) is 3.80. The molecule has 0 amide bonds. The first-order valence-corrected chi connectivity index (χ1v) is 8.27. The van der Waals surface area contributed by atoms with E-state index in [9.17, 15) is 19.9 Å². The van der Waals surface area contributed by atoms with Gasteiger partial charge in [0.25, 0.3) is 0 Å². The second-order valence-corrected chi connectivity index (χ2v) is 6.90. The molecule has 2 fully saturated rings. The van der Waals surface area contributed by atoms with Crippen molar-refractivity contribution >= 4 is 12.7 Å². The van der Waals surface area contributed by atoms with Crippen LogP contribution in [0.2, 0.25) is 5.82 Å². The number of hydrogen-bond acceptors (Lipinski definition) is 6. The molecule has 0 unspecified atom stereocenters. The van der Waals surface area contributed by atoms with E-state index < -0.39 is 12.7 Å². The summed E-state index contributed by atoms with van der Waals surface area (Å²) in [6.45, 7) is 0.152. The number of fused-ring (bicyclic) bond motifs is 3. The zero-order chi connectivity index (χ0) is 17.1. The SMILES string of the molecule is [NH3+]CCN1CC(Oc2ccc3c(c2C(=O)O)O[B-](O)(O)[C@H]2C[C@@H]32)C1. The van der Waals surface area contributed by atoms with Crippen LogP contribution in [-0.4, -0.2) is 65.1 Å². The van der Waals surface area contributed by atoms with Crippen LogP contribution in [0.1, 0.15) is 28.3 Å². The Hall–Kier alpha value is -1.81. The second kappa shape index (κ2) is 5.35. The maximum Gasteiger partial charge on any atom is 0.434 e. The standard InChI is InChI=1S/C15H20BN2O6/c17-3-4-18-6-8(7-18)23-12-2-1-9-10-5-11(10)16(21,22)24-14(9)13(12)15(19)20/h1-2,8,10-11,21-22H,3-7,17H2,(H,19,20)/q-1/p+1/t10-,11-/m0/s1. The normalized spacial score (nSPS) is 27.5. The van der Waals surface area contributed by atoms with Gasteiger partial charge in [-0.25, -0.2) is 4.79 Å². The molecule has 2 atom stereocenters. The van der Waals surface area contributed by atoms with E-state index in [1.165, 1.54) is 0 Å². The van der Waals surface area contributed by atoms with Crippen LogP contribution in [0.25, 0.3) is 0 Å². The summed E-state index contributed by atoms with van der Waals surface area (Å²) in [6.07, 6.45) is 0.519. The molecule has 1 aromatic carbocycles. The smallest absolute Gasteiger partial charge is 0.434 e. The maximum absolute atomic E-state index is 11.7. The Kier molecular flexibility index (Phi) is 3.50. The van der Waals surface area contributed by atoms with Crippen LogP contribution in [0.3, 0.4) is 0 Å². The van der Waals surface area contributed by atoms with Crippen molar-refractivity contribution in [3.05, 3.63) is 23.3 Å². The van der Waals surface area contributed by atoms with Gasteiger partial charge in [-0.15, -0.1) is 0 Å². The van der Waals surface area contributed by atoms with Crippen LogP contribution in [-0.2, 0) is 0 Å². The molecule has 0 bridgehead atoms. The minimum absolute atomic E-state index is 0.0395. The molecular formula is C15H21BN2O6. The van der Waals surface area contributed by atoms with Crippen molar-refractivity contribution in [2.45, 2.75) is 24.3 Å². The van der Waals surface area contributed by atoms with Crippen molar-refractivity contribution in [2.24, 2.45) is 0 Å². The molecule has 24 heavy (non-hydrogen) atoms. The van der Waals surface area contributed by atoms with E-state index >= 15 is 0 Å². The second-order valence-electron chi connectivity index (χ2n) is 6.90. The first-order chi connectivity index (χ1) is 11.4. The van der Waals surface area contributed by atoms with Gasteiger partial charge in [0.1, 0.15) is 17.4 Å². The molecule has 1 saturated carbocycles. The number of benzene rings is 1. The van der Waals surface area contributed by atoms with Gasteiger partial charge < -0.3 is 30.3 Å². The number of carboxylic acid groups (broad SMARTS) is 1. The van der Waals surface area contributed by atoms with Crippen molar-refractivity contribution in [3.63, 3.8) is 0 Å². The van der Waals surface area contributed by atoms with Crippen molar-refractivity contribution in [2.75, 3.05) is 26.2 Å². The van der Waals surface area contributed by atoms with Gasteiger partial charge >= 0.3 is 12.7 Å². The van der Waals surface area contributed by atoms with Gasteiger partial charge in [0.2, 0.25) is 0 Å². The van der Waals surface area contributed by atoms with Crippen molar-refractivity contribution < 1.29 is 35.1 Å². The first-order valence-electron chi connectivity index (χ1n) is 8.27. The Morgan fingerprint density at radius 1 is 1.42 bits per heavy atom. The lowest BCUT2D eigenvalue weighted by molar-refractivity contribution is -0.370. The average molecular weight is 336 g/mol. The quantitative estimate of drug-likeness (QED) is 0.501. The summed E-state index contributed by atoms with van der Waals surface area (Å²) in [4.78, 5) is 13.9. The van der Waals surface area contributed by atoms with Crippen LogP contribution in [0.4, 0.5) is 0 Å². The van der Waals surface area contributed by atoms with E-state index in [2.05, 4.69) is 10.6 Å². The number of nitrogens with zero attached hydrogens (tertiary/aromatic N) is 1. The predicted octanol–water partition coefficient (Wildman–Crippen LogP) is -1.14. The lowest BCUT2D eigenvalue weighted by Gasteiger charge is -2.40. The molecule has 3 aliphatic rings. The summed E-state index contributed by atoms with van der Waals surface area (Å²) in [5, 5.41) is 29.6. The van der Waals surface area contributed by atoms with Crippen LogP contribution < -0.4 is 15.1 Å². The Morgan fingerprint density at radius 2 is 2.17 bits per heavy atom. The van der Waals surface area contributed by atoms with Gasteiger partial charge in [-0.2, -0.15) is 0 Å². The number of ether oxygens (including phenoxy) is 1. The molecule has 0 aromatic heterocycles. The molecule has 1 aliphatic carbocycles. The summed E-state index contributed by atoms with van der Waals surface area (Å²) in [7, 11) is 0. The molecule has 1 aromatic rings. The van der Waals surface area contributed by atoms with Gasteiger partial charge in [0, 0.05) is 19.6 Å². The molecule has 1 saturated heterocycles. The minimum atomic E-state index is -3.01. The number of carbonyl (C=O) groups is 1. The van der Waals surface area contributed by atoms with Gasteiger partial charge in [-0.05, 0) is 17.5 Å². The number of likely N-dealkylation sites (tertiary alicyclic amines) is 1. The van der Waals surface area contributed by atoms with E-state index in [0.29, 0.717) is 6.42 Å². The summed E-state index contributed by atoms with van der Waals surface area (Å²) in [5.74, 6) is -1.33. The van der Waals surface area contributed by atoms with Crippen molar-refractivity contribution in [3.8, 4) is 11.5 Å². The molecule has 4 rings (SSSR count). The predicted molar refractivity (Wildman–Crippen MR) is 83.9 cm³/mol. The molecule has 8 nitrogen and oxygen atoms in total. The Morgan fingerprint density at radius 3 is 2.83 bits per heavy atom. The monoisotopic (exact) mass is 336 g/mol. The third-order valence-corrected chi connectivity index (χ3v) is 5.14. The molecule has 0 spiro atoms. The third-order valence-electron chi connectivity index (χ3n) is 5.14. The highest BCUT2D eigenvalue weighted by Crippen LogP contribution is 2.63. The van der Waals surface area contributed by atoms with E-state index in [1.807, 2.05) is 0 Å². The molecule has 2 aliphatic heterocycles. The summed E-state index contributed by atoms with van der Waals surface area (Å²) < 4.78 is 11.1. The number of hydrogen-bond donors (Lipinski definition) is 4. The Balaban J connectivity index is 1.61. The lowest BCUT2D eigenvalue weighted by atomic mass is 9.68. The largest absolute Gasteiger partial charge is 0.669 e. The first kappa shape index (κ1) is 15.7. The van der Waals surface area contributed by atoms with Crippen LogP contribution in [0.5, 0.6) is 11.5 Å². The topological polar surface area (TPSA) is 127 Å². The Labute approximate surface area is 138 Å². The van der Waals surface area contributed by atoms with Crippen molar-refractivity contribution in [1.29, 1.82) is 0 Å². The van der Waals surface area contributed by atoms with Crippen LogP contribution in [0, 0.1) is 0 Å². The highest BCUT2D eigenvalue weighted by Gasteiger charge is 2.55. The molecule has 6 N–H and O–H groups in total. The molecule has 9 heteroatoms. The van der Waals surface area contributed by atoms with Crippen LogP contribution >= 0.6 is 0 Å². The van der Waals surface area contributed by atoms with Crippen molar-refractivity contribution in [1.82, 2.24) is 4.90 Å². The summed E-state index contributed by atoms with van der Waals surface area (Å²) in [5.41, 5.74) is 4.40. The van der Waals surface area contributed by atoms with E-state index in [-0.39, 0.29) is 34.9 Å². The molecule has 0 radical (unpaired) electrons. The molecule has 130 valence electrons. The average Bonchev–Trinajstić information content (AvgIpc) is 3.25. The zero-order valence-corrected chi connectivity index (χ0v) is 13.2. The van der Waals surface area contributed by atoms with Gasteiger partial charge in [-0.3, -0.25) is 4.90 Å². The van der Waals surface area contributed by atoms with Gasteiger partial charge in [-0.1, -0.05) is 18.3 Å². The fraction of sp³-hybridized carbons (Fsp3) is 0.533. The number of carboxylic acids is 1. The maximum atomic E-state index is 11.7. The zero-order valence-electron chi connectivity index (χ0n) is 13.2. The number of rotatable bonds is 5. The molecular weight excluding hydrogens is 315 g/mol. The third kappa shape index (κ3) is 2.44. The summed E-state index contributed by atoms with van der Waals surface area (Å²) >= 11 is 0. The molecule has 2 heterocycles. The number of aromatic carboxylic acids is 1. The highest BCUT2D eigenvalue weighted by molar-refractivity contribution is 6.62. The van der Waals surface area contributed by atoms with E-state index in [0.717, 1.165) is 31.7 Å². The Bertz CT molecular complexity index is 691. The van der Waals surface area contributed by atoms with Gasteiger partial charge in [0.05, 0.1) is 12.3 Å². The summed E-state index contributed by atoms with van der Waals surface area (Å²) in [6, 6.07) is 3.43. The van der Waals surface area contributed by atoms with Gasteiger partial charge in [0.15, 0.2) is 0 Å².